The number of nitrogens with one attached hydrogen (secondary N) is 3. The summed E-state index contributed by atoms with van der Waals surface area (Å²) in [4.78, 5) is 11.9. The summed E-state index contributed by atoms with van der Waals surface area (Å²) in [5.41, 5.74) is 6.71. The summed E-state index contributed by atoms with van der Waals surface area (Å²) in [5.74, 6) is 1.61. The summed E-state index contributed by atoms with van der Waals surface area (Å²) >= 11 is 5.13. The Morgan fingerprint density at radius 3 is 2.56 bits per heavy atom. The van der Waals surface area contributed by atoms with Gasteiger partial charge in [-0.25, -0.2) is 0 Å². The first-order valence-electron chi connectivity index (χ1n) is 7.64. The van der Waals surface area contributed by atoms with Crippen LogP contribution in [-0.2, 0) is 6.42 Å². The molecular formula is C17H21N3O4S. The largest absolute Gasteiger partial charge is 0.493 e. The number of rotatable bonds is 6. The molecule has 0 aliphatic carbocycles. The Hall–Kier alpha value is -2.74. The van der Waals surface area contributed by atoms with Gasteiger partial charge in [0.15, 0.2) is 16.6 Å². The van der Waals surface area contributed by atoms with Gasteiger partial charge in [0.1, 0.15) is 5.76 Å². The van der Waals surface area contributed by atoms with Gasteiger partial charge in [-0.2, -0.15) is 0 Å². The number of benzene rings is 1. The Labute approximate surface area is 151 Å². The fourth-order valence-electron chi connectivity index (χ4n) is 2.20. The van der Waals surface area contributed by atoms with E-state index in [2.05, 4.69) is 16.2 Å². The van der Waals surface area contributed by atoms with Gasteiger partial charge >= 0.3 is 0 Å². The van der Waals surface area contributed by atoms with E-state index in [1.54, 1.807) is 27.2 Å². The fourth-order valence-corrected chi connectivity index (χ4v) is 2.36. The molecule has 3 N–H and O–H groups in total. The summed E-state index contributed by atoms with van der Waals surface area (Å²) in [6.45, 7) is 2.32. The summed E-state index contributed by atoms with van der Waals surface area (Å²) in [5, 5.41) is 3.35. The highest BCUT2D eigenvalue weighted by atomic mass is 32.1. The highest BCUT2D eigenvalue weighted by Gasteiger charge is 2.11. The molecule has 2 rings (SSSR count). The van der Waals surface area contributed by atoms with E-state index in [1.165, 1.54) is 6.26 Å². The number of methoxy groups -OCH3 is 2. The predicted octanol–water partition coefficient (Wildman–Crippen LogP) is 1.96. The average Bonchev–Trinajstić information content (AvgIpc) is 3.05. The van der Waals surface area contributed by atoms with Crippen LogP contribution in [0.1, 0.15) is 21.7 Å². The molecule has 0 bridgehead atoms. The number of ether oxygens (including phenoxy) is 2. The van der Waals surface area contributed by atoms with Gasteiger partial charge in [-0.3, -0.25) is 15.6 Å². The molecule has 2 aromatic rings. The van der Waals surface area contributed by atoms with Crippen LogP contribution in [-0.4, -0.2) is 31.8 Å². The van der Waals surface area contributed by atoms with Crippen molar-refractivity contribution in [1.29, 1.82) is 0 Å². The number of thiocarbonyl (C=S) groups is 1. The molecule has 134 valence electrons. The molecule has 25 heavy (non-hydrogen) atoms. The second-order valence-electron chi connectivity index (χ2n) is 5.16. The number of carbonyl (C=O) groups excluding carboxylic acids is 1. The number of aryl methyl sites for hydroxylation is 1. The van der Waals surface area contributed by atoms with Crippen molar-refractivity contribution in [1.82, 2.24) is 16.2 Å². The van der Waals surface area contributed by atoms with Gasteiger partial charge in [0.05, 0.1) is 26.0 Å². The molecule has 7 nitrogen and oxygen atoms in total. The minimum Gasteiger partial charge on any atom is -0.493 e. The topological polar surface area (TPSA) is 84.8 Å². The Morgan fingerprint density at radius 1 is 1.16 bits per heavy atom. The van der Waals surface area contributed by atoms with Gasteiger partial charge in [0.2, 0.25) is 0 Å². The van der Waals surface area contributed by atoms with Crippen LogP contribution in [0.3, 0.4) is 0 Å². The van der Waals surface area contributed by atoms with Crippen LogP contribution < -0.4 is 25.6 Å². The zero-order chi connectivity index (χ0) is 18.2. The zero-order valence-corrected chi connectivity index (χ0v) is 15.2. The lowest BCUT2D eigenvalue weighted by Crippen LogP contribution is -2.47. The number of carbonyl (C=O) groups is 1. The molecule has 0 saturated heterocycles. The van der Waals surface area contributed by atoms with E-state index >= 15 is 0 Å². The molecule has 1 aromatic carbocycles. The number of hydrogen-bond acceptors (Lipinski definition) is 5. The molecule has 0 unspecified atom stereocenters. The molecule has 0 aliphatic heterocycles. The van der Waals surface area contributed by atoms with Gasteiger partial charge in [0.25, 0.3) is 5.91 Å². The van der Waals surface area contributed by atoms with E-state index in [4.69, 9.17) is 26.1 Å². The highest BCUT2D eigenvalue weighted by molar-refractivity contribution is 7.80. The molecule has 0 atom stereocenters. The van der Waals surface area contributed by atoms with Crippen molar-refractivity contribution in [3.8, 4) is 11.5 Å². The monoisotopic (exact) mass is 363 g/mol. The van der Waals surface area contributed by atoms with Crippen molar-refractivity contribution in [2.24, 2.45) is 0 Å². The van der Waals surface area contributed by atoms with E-state index in [1.807, 2.05) is 18.2 Å². The third kappa shape index (κ3) is 5.12. The summed E-state index contributed by atoms with van der Waals surface area (Å²) in [7, 11) is 3.20. The first-order valence-corrected chi connectivity index (χ1v) is 8.05. The van der Waals surface area contributed by atoms with Gasteiger partial charge < -0.3 is 19.2 Å². The number of furan rings is 1. The standard InChI is InChI=1S/C17H21N3O4S/c1-11-13(7-9-24-11)16(21)19-20-17(25)18-8-6-12-4-5-14(22-2)15(10-12)23-3/h4-5,7,9-10H,6,8H2,1-3H3,(H,19,21)(H2,18,20,25). The molecule has 8 heteroatoms. The lowest BCUT2D eigenvalue weighted by molar-refractivity contribution is 0.0942. The van der Waals surface area contributed by atoms with Crippen molar-refractivity contribution in [2.45, 2.75) is 13.3 Å². The highest BCUT2D eigenvalue weighted by Crippen LogP contribution is 2.27. The average molecular weight is 363 g/mol. The van der Waals surface area contributed by atoms with E-state index in [-0.39, 0.29) is 5.91 Å². The molecule has 0 saturated carbocycles. The second kappa shape index (κ2) is 8.93. The smallest absolute Gasteiger partial charge is 0.273 e. The Kier molecular flexibility index (Phi) is 6.64. The maximum atomic E-state index is 11.9. The van der Waals surface area contributed by atoms with Crippen molar-refractivity contribution < 1.29 is 18.7 Å². The Bertz CT molecular complexity index is 745. The number of hydrogen-bond donors (Lipinski definition) is 3. The van der Waals surface area contributed by atoms with E-state index in [9.17, 15) is 4.79 Å². The molecule has 1 aromatic heterocycles. The summed E-state index contributed by atoms with van der Waals surface area (Å²) < 4.78 is 15.6. The van der Waals surface area contributed by atoms with Crippen LogP contribution in [0.5, 0.6) is 11.5 Å². The van der Waals surface area contributed by atoms with Crippen LogP contribution in [0.15, 0.2) is 34.9 Å². The van der Waals surface area contributed by atoms with E-state index in [0.717, 1.165) is 12.0 Å². The molecule has 0 radical (unpaired) electrons. The lowest BCUT2D eigenvalue weighted by atomic mass is 10.1. The van der Waals surface area contributed by atoms with Crippen molar-refractivity contribution >= 4 is 23.2 Å². The molecule has 1 amide bonds. The number of amides is 1. The van der Waals surface area contributed by atoms with Gasteiger partial charge in [-0.15, -0.1) is 0 Å². The van der Waals surface area contributed by atoms with Crippen LogP contribution in [0.4, 0.5) is 0 Å². The van der Waals surface area contributed by atoms with Crippen molar-refractivity contribution in [3.63, 3.8) is 0 Å². The summed E-state index contributed by atoms with van der Waals surface area (Å²) in [6, 6.07) is 7.33. The van der Waals surface area contributed by atoms with Gasteiger partial charge in [0, 0.05) is 6.54 Å². The van der Waals surface area contributed by atoms with Crippen LogP contribution in [0, 0.1) is 6.92 Å². The third-order valence-electron chi connectivity index (χ3n) is 3.54. The number of hydrazine groups is 1. The maximum absolute atomic E-state index is 11.9. The maximum Gasteiger partial charge on any atom is 0.273 e. The Morgan fingerprint density at radius 2 is 1.92 bits per heavy atom. The van der Waals surface area contributed by atoms with Crippen LogP contribution in [0.25, 0.3) is 0 Å². The molecule has 0 aliphatic rings. The predicted molar refractivity (Wildman–Crippen MR) is 97.9 cm³/mol. The lowest BCUT2D eigenvalue weighted by Gasteiger charge is -2.12. The van der Waals surface area contributed by atoms with Crippen molar-refractivity contribution in [3.05, 3.63) is 47.4 Å². The zero-order valence-electron chi connectivity index (χ0n) is 14.3. The van der Waals surface area contributed by atoms with E-state index in [0.29, 0.717) is 34.5 Å². The Balaban J connectivity index is 1.75. The first-order chi connectivity index (χ1) is 12.0. The molecule has 0 spiro atoms. The van der Waals surface area contributed by atoms with Gasteiger partial charge in [-0.1, -0.05) is 6.07 Å². The molecule has 0 fully saturated rings. The second-order valence-corrected chi connectivity index (χ2v) is 5.57. The minimum absolute atomic E-state index is 0.310. The molecule has 1 heterocycles. The quantitative estimate of drug-likeness (QED) is 0.534. The minimum atomic E-state index is -0.310. The van der Waals surface area contributed by atoms with Gasteiger partial charge in [-0.05, 0) is 49.3 Å². The summed E-state index contributed by atoms with van der Waals surface area (Å²) in [6.07, 6.45) is 2.20. The fraction of sp³-hybridized carbons (Fsp3) is 0.294. The first kappa shape index (κ1) is 18.6. The normalized spacial score (nSPS) is 10.0. The van der Waals surface area contributed by atoms with Crippen LogP contribution >= 0.6 is 12.2 Å². The third-order valence-corrected chi connectivity index (χ3v) is 3.79. The van der Waals surface area contributed by atoms with E-state index < -0.39 is 0 Å². The SMILES string of the molecule is COc1ccc(CCNC(=S)NNC(=O)c2ccoc2C)cc1OC. The molecular weight excluding hydrogens is 342 g/mol. The van der Waals surface area contributed by atoms with Crippen molar-refractivity contribution in [2.75, 3.05) is 20.8 Å². The van der Waals surface area contributed by atoms with Crippen LogP contribution in [0.2, 0.25) is 0 Å².